The van der Waals surface area contributed by atoms with Crippen LogP contribution in [0.15, 0.2) is 143 Å². The van der Waals surface area contributed by atoms with Crippen molar-refractivity contribution in [3.8, 4) is 33.5 Å². The normalized spacial score (nSPS) is 11.9. The molecule has 0 saturated carbocycles. The van der Waals surface area contributed by atoms with E-state index in [1.807, 2.05) is 53.1 Å². The van der Waals surface area contributed by atoms with Crippen LogP contribution in [0.2, 0.25) is 0 Å². The average Bonchev–Trinajstić information content (AvgIpc) is 3.72. The minimum atomic E-state index is 0.839. The van der Waals surface area contributed by atoms with E-state index in [0.717, 1.165) is 66.3 Å². The number of fused-ring (bicyclic) bond motifs is 7. The molecule has 0 unspecified atom stereocenters. The monoisotopic (exact) mass is 526 g/mol. The van der Waals surface area contributed by atoms with Crippen LogP contribution in [0.4, 0.5) is 0 Å². The Kier molecular flexibility index (Phi) is 4.58. The van der Waals surface area contributed by atoms with Crippen LogP contribution in [-0.4, -0.2) is 9.38 Å². The molecule has 0 aliphatic rings. The predicted octanol–water partition coefficient (Wildman–Crippen LogP) is 10.1. The van der Waals surface area contributed by atoms with Crippen LogP contribution in [-0.2, 0) is 0 Å². The van der Waals surface area contributed by atoms with Gasteiger partial charge < -0.3 is 13.2 Å². The van der Waals surface area contributed by atoms with Gasteiger partial charge in [0.05, 0.1) is 5.69 Å². The number of para-hydroxylation sites is 1. The number of hydrogen-bond acceptors (Lipinski definition) is 3. The van der Waals surface area contributed by atoms with Crippen LogP contribution in [0.3, 0.4) is 0 Å². The second-order valence-electron chi connectivity index (χ2n) is 10.5. The highest BCUT2D eigenvalue weighted by Crippen LogP contribution is 2.38. The maximum atomic E-state index is 6.22. The Morgan fingerprint density at radius 1 is 0.439 bits per heavy atom. The second kappa shape index (κ2) is 8.44. The summed E-state index contributed by atoms with van der Waals surface area (Å²) in [5.41, 5.74) is 11.2. The lowest BCUT2D eigenvalue weighted by atomic mass is 9.98. The van der Waals surface area contributed by atoms with Crippen molar-refractivity contribution in [2.75, 3.05) is 0 Å². The van der Waals surface area contributed by atoms with Gasteiger partial charge in [0.15, 0.2) is 0 Å². The smallest absolute Gasteiger partial charge is 0.139 e. The highest BCUT2D eigenvalue weighted by atomic mass is 16.3. The number of nitrogens with zero attached hydrogens (tertiary/aromatic N) is 2. The van der Waals surface area contributed by atoms with Gasteiger partial charge in [-0.05, 0) is 58.7 Å². The molecule has 0 fully saturated rings. The molecule has 0 saturated heterocycles. The van der Waals surface area contributed by atoms with Crippen LogP contribution in [0, 0.1) is 0 Å². The van der Waals surface area contributed by atoms with Gasteiger partial charge in [0.1, 0.15) is 28.0 Å². The van der Waals surface area contributed by atoms with E-state index in [1.165, 1.54) is 16.7 Å². The second-order valence-corrected chi connectivity index (χ2v) is 10.5. The van der Waals surface area contributed by atoms with E-state index in [9.17, 15) is 0 Å². The van der Waals surface area contributed by atoms with E-state index >= 15 is 0 Å². The first kappa shape index (κ1) is 22.2. The van der Waals surface area contributed by atoms with E-state index in [2.05, 4.69) is 85.1 Å². The Morgan fingerprint density at radius 2 is 1.02 bits per heavy atom. The molecule has 41 heavy (non-hydrogen) atoms. The molecule has 0 spiro atoms. The zero-order chi connectivity index (χ0) is 26.9. The number of furan rings is 2. The van der Waals surface area contributed by atoms with Crippen molar-refractivity contribution in [1.29, 1.82) is 0 Å². The third-order valence-corrected chi connectivity index (χ3v) is 8.06. The van der Waals surface area contributed by atoms with Crippen molar-refractivity contribution in [2.24, 2.45) is 0 Å². The Bertz CT molecular complexity index is 2370. The third kappa shape index (κ3) is 3.51. The first-order chi connectivity index (χ1) is 20.3. The number of aromatic nitrogens is 2. The van der Waals surface area contributed by atoms with Crippen molar-refractivity contribution in [1.82, 2.24) is 9.38 Å². The lowest BCUT2D eigenvalue weighted by molar-refractivity contribution is 0.656. The largest absolute Gasteiger partial charge is 0.456 e. The first-order valence-corrected chi connectivity index (χ1v) is 13.7. The predicted molar refractivity (Wildman–Crippen MR) is 166 cm³/mol. The summed E-state index contributed by atoms with van der Waals surface area (Å²) in [6.45, 7) is 0. The van der Waals surface area contributed by atoms with Gasteiger partial charge in [-0.1, -0.05) is 78.9 Å². The summed E-state index contributed by atoms with van der Waals surface area (Å²) in [5.74, 6) is 0. The van der Waals surface area contributed by atoms with E-state index in [0.29, 0.717) is 0 Å². The fourth-order valence-electron chi connectivity index (χ4n) is 5.94. The molecule has 0 aliphatic carbocycles. The molecule has 0 N–H and O–H groups in total. The standard InChI is InChI=1S/C37H22N2O2/c1-2-6-33-28(5-1)30-20-31-29-19-27(16-17-34(29)41-36(31)21-35(30)40-33)25-10-8-23(9-11-25)24-12-14-26(15-13-24)32-22-39-18-4-3-7-37(39)38-32/h1-22H. The molecule has 4 heteroatoms. The number of pyridine rings is 1. The minimum Gasteiger partial charge on any atom is -0.456 e. The Labute approximate surface area is 234 Å². The van der Waals surface area contributed by atoms with E-state index in [1.54, 1.807) is 0 Å². The van der Waals surface area contributed by atoms with Gasteiger partial charge >= 0.3 is 0 Å². The van der Waals surface area contributed by atoms with Crippen LogP contribution < -0.4 is 0 Å². The molecule has 5 aromatic carbocycles. The molecule has 0 aliphatic heterocycles. The maximum absolute atomic E-state index is 6.22. The summed E-state index contributed by atoms with van der Waals surface area (Å²) >= 11 is 0. The highest BCUT2D eigenvalue weighted by molar-refractivity contribution is 6.15. The molecule has 0 amide bonds. The zero-order valence-corrected chi connectivity index (χ0v) is 21.9. The quantitative estimate of drug-likeness (QED) is 0.230. The topological polar surface area (TPSA) is 43.6 Å². The fraction of sp³-hybridized carbons (Fsp3) is 0. The summed E-state index contributed by atoms with van der Waals surface area (Å²) in [6.07, 6.45) is 4.09. The van der Waals surface area contributed by atoms with Gasteiger partial charge in [0.2, 0.25) is 0 Å². The van der Waals surface area contributed by atoms with Crippen molar-refractivity contribution in [3.05, 3.63) is 134 Å². The lowest BCUT2D eigenvalue weighted by Gasteiger charge is -2.06. The van der Waals surface area contributed by atoms with Crippen molar-refractivity contribution < 1.29 is 8.83 Å². The van der Waals surface area contributed by atoms with Gasteiger partial charge in [-0.3, -0.25) is 0 Å². The van der Waals surface area contributed by atoms with E-state index in [4.69, 9.17) is 13.8 Å². The van der Waals surface area contributed by atoms with Crippen molar-refractivity contribution >= 4 is 49.5 Å². The number of rotatable bonds is 3. The molecule has 9 aromatic rings. The van der Waals surface area contributed by atoms with E-state index < -0.39 is 0 Å². The average molecular weight is 527 g/mol. The van der Waals surface area contributed by atoms with Crippen LogP contribution in [0.5, 0.6) is 0 Å². The summed E-state index contributed by atoms with van der Waals surface area (Å²) in [4.78, 5) is 4.74. The van der Waals surface area contributed by atoms with Gasteiger partial charge in [0.25, 0.3) is 0 Å². The summed E-state index contributed by atoms with van der Waals surface area (Å²) < 4.78 is 14.3. The Morgan fingerprint density at radius 3 is 1.78 bits per heavy atom. The Hall–Kier alpha value is -5.61. The fourth-order valence-corrected chi connectivity index (χ4v) is 5.94. The molecule has 4 heterocycles. The first-order valence-electron chi connectivity index (χ1n) is 13.7. The van der Waals surface area contributed by atoms with Gasteiger partial charge in [0, 0.05) is 45.6 Å². The van der Waals surface area contributed by atoms with E-state index in [-0.39, 0.29) is 0 Å². The molecule has 0 atom stereocenters. The molecule has 0 bridgehead atoms. The van der Waals surface area contributed by atoms with Crippen LogP contribution in [0.1, 0.15) is 0 Å². The summed E-state index contributed by atoms with van der Waals surface area (Å²) in [6, 6.07) is 42.2. The van der Waals surface area contributed by atoms with Gasteiger partial charge in [-0.25, -0.2) is 4.98 Å². The number of benzene rings is 5. The minimum absolute atomic E-state index is 0.839. The third-order valence-electron chi connectivity index (χ3n) is 8.06. The SMILES string of the molecule is c1ccc2c(c1)oc1cc3oc4ccc(-c5ccc(-c6ccc(-c7cn8ccccc8n7)cc6)cc5)cc4c3cc12. The number of imidazole rings is 1. The number of hydrogen-bond donors (Lipinski definition) is 0. The molecule has 192 valence electrons. The molecular formula is C37H22N2O2. The molecule has 9 rings (SSSR count). The summed E-state index contributed by atoms with van der Waals surface area (Å²) in [7, 11) is 0. The molecule has 0 radical (unpaired) electrons. The molecule has 4 nitrogen and oxygen atoms in total. The molecule has 4 aromatic heterocycles. The lowest BCUT2D eigenvalue weighted by Crippen LogP contribution is -1.82. The Balaban J connectivity index is 1.05. The van der Waals surface area contributed by atoms with Gasteiger partial charge in [-0.15, -0.1) is 0 Å². The van der Waals surface area contributed by atoms with Crippen LogP contribution >= 0.6 is 0 Å². The molecular weight excluding hydrogens is 504 g/mol. The van der Waals surface area contributed by atoms with Crippen LogP contribution in [0.25, 0.3) is 83.0 Å². The highest BCUT2D eigenvalue weighted by Gasteiger charge is 2.14. The maximum Gasteiger partial charge on any atom is 0.139 e. The van der Waals surface area contributed by atoms with Crippen molar-refractivity contribution in [3.63, 3.8) is 0 Å². The van der Waals surface area contributed by atoms with Gasteiger partial charge in [-0.2, -0.15) is 0 Å². The van der Waals surface area contributed by atoms with Crippen molar-refractivity contribution in [2.45, 2.75) is 0 Å². The zero-order valence-electron chi connectivity index (χ0n) is 21.9. The summed E-state index contributed by atoms with van der Waals surface area (Å²) in [5, 5.41) is 4.44.